The second-order valence-corrected chi connectivity index (χ2v) is 4.51. The molecule has 1 N–H and O–H groups in total. The Morgan fingerprint density at radius 1 is 1.50 bits per heavy atom. The molecule has 16 heavy (non-hydrogen) atoms. The zero-order chi connectivity index (χ0) is 12.3. The molecule has 3 amide bonds. The fourth-order valence-corrected chi connectivity index (χ4v) is 1.63. The molecule has 0 aromatic rings. The van der Waals surface area contributed by atoms with Gasteiger partial charge in [-0.25, -0.2) is 4.79 Å². The first-order valence-corrected chi connectivity index (χ1v) is 5.44. The number of nitriles is 1. The van der Waals surface area contributed by atoms with Crippen LogP contribution in [0.4, 0.5) is 4.79 Å². The molecule has 88 valence electrons. The predicted octanol–water partition coefficient (Wildman–Crippen LogP) is 1.26. The van der Waals surface area contributed by atoms with Crippen LogP contribution >= 0.6 is 0 Å². The minimum Gasteiger partial charge on any atom is -0.323 e. The average molecular weight is 223 g/mol. The van der Waals surface area contributed by atoms with Gasteiger partial charge in [-0.1, -0.05) is 13.8 Å². The van der Waals surface area contributed by atoms with Crippen molar-refractivity contribution in [2.45, 2.75) is 39.2 Å². The predicted molar refractivity (Wildman–Crippen MR) is 58.3 cm³/mol. The molecular weight excluding hydrogens is 206 g/mol. The van der Waals surface area contributed by atoms with E-state index < -0.39 is 5.54 Å². The first kappa shape index (κ1) is 12.5. The first-order valence-electron chi connectivity index (χ1n) is 5.44. The van der Waals surface area contributed by atoms with E-state index in [1.54, 1.807) is 6.92 Å². The summed E-state index contributed by atoms with van der Waals surface area (Å²) in [5.41, 5.74) is -0.802. The summed E-state index contributed by atoms with van der Waals surface area (Å²) in [4.78, 5) is 24.8. The van der Waals surface area contributed by atoms with Crippen LogP contribution in [-0.2, 0) is 4.79 Å². The van der Waals surface area contributed by atoms with Crippen molar-refractivity contribution < 1.29 is 9.59 Å². The molecule has 0 aliphatic carbocycles. The highest BCUT2D eigenvalue weighted by molar-refractivity contribution is 6.06. The van der Waals surface area contributed by atoms with Crippen molar-refractivity contribution in [2.75, 3.05) is 6.54 Å². The molecule has 0 aromatic heterocycles. The normalized spacial score (nSPS) is 24.8. The van der Waals surface area contributed by atoms with Crippen molar-refractivity contribution >= 4 is 11.9 Å². The van der Waals surface area contributed by atoms with E-state index in [1.165, 1.54) is 4.90 Å². The lowest BCUT2D eigenvalue weighted by Gasteiger charge is -2.25. The second-order valence-electron chi connectivity index (χ2n) is 4.51. The van der Waals surface area contributed by atoms with Crippen LogP contribution in [0.2, 0.25) is 0 Å². The molecule has 1 heterocycles. The van der Waals surface area contributed by atoms with Crippen LogP contribution in [0, 0.1) is 17.2 Å². The van der Waals surface area contributed by atoms with Crippen molar-refractivity contribution in [3.63, 3.8) is 0 Å². The average Bonchev–Trinajstić information content (AvgIpc) is 2.43. The smallest absolute Gasteiger partial charge is 0.323 e. The third-order valence-corrected chi connectivity index (χ3v) is 3.13. The Bertz CT molecular complexity index is 346. The highest BCUT2D eigenvalue weighted by Crippen LogP contribution is 2.25. The molecule has 1 rings (SSSR count). The summed E-state index contributed by atoms with van der Waals surface area (Å²) in [6.45, 7) is 5.86. The molecule has 1 aliphatic rings. The number of carbonyl (C=O) groups is 2. The number of nitrogens with zero attached hydrogens (tertiary/aromatic N) is 2. The van der Waals surface area contributed by atoms with Crippen LogP contribution in [0.25, 0.3) is 0 Å². The topological polar surface area (TPSA) is 73.2 Å². The van der Waals surface area contributed by atoms with E-state index in [4.69, 9.17) is 5.26 Å². The van der Waals surface area contributed by atoms with E-state index in [9.17, 15) is 9.59 Å². The Balaban J connectivity index is 2.72. The van der Waals surface area contributed by atoms with Crippen LogP contribution in [0.15, 0.2) is 0 Å². The summed E-state index contributed by atoms with van der Waals surface area (Å²) in [5, 5.41) is 11.1. The summed E-state index contributed by atoms with van der Waals surface area (Å²) in [6.07, 6.45) is 0.888. The van der Waals surface area contributed by atoms with Crippen LogP contribution in [-0.4, -0.2) is 28.9 Å². The van der Waals surface area contributed by atoms with Gasteiger partial charge in [0.25, 0.3) is 5.91 Å². The maximum Gasteiger partial charge on any atom is 0.325 e. The van der Waals surface area contributed by atoms with E-state index in [-0.39, 0.29) is 17.9 Å². The highest BCUT2D eigenvalue weighted by atomic mass is 16.2. The molecule has 1 saturated heterocycles. The molecule has 0 bridgehead atoms. The third-order valence-electron chi connectivity index (χ3n) is 3.13. The third kappa shape index (κ3) is 2.01. The van der Waals surface area contributed by atoms with Crippen LogP contribution in [0.5, 0.6) is 0 Å². The largest absolute Gasteiger partial charge is 0.325 e. The first-order chi connectivity index (χ1) is 7.43. The Kier molecular flexibility index (Phi) is 3.53. The van der Waals surface area contributed by atoms with Gasteiger partial charge in [0.05, 0.1) is 6.07 Å². The number of nitrogens with one attached hydrogen (secondary N) is 1. The monoisotopic (exact) mass is 223 g/mol. The van der Waals surface area contributed by atoms with Crippen LogP contribution in [0.1, 0.15) is 33.6 Å². The van der Waals surface area contributed by atoms with E-state index in [2.05, 4.69) is 5.32 Å². The van der Waals surface area contributed by atoms with Gasteiger partial charge >= 0.3 is 6.03 Å². The van der Waals surface area contributed by atoms with Gasteiger partial charge in [0.2, 0.25) is 0 Å². The Morgan fingerprint density at radius 3 is 2.56 bits per heavy atom. The molecule has 1 aliphatic heterocycles. The van der Waals surface area contributed by atoms with Gasteiger partial charge < -0.3 is 5.32 Å². The molecule has 1 unspecified atom stereocenters. The Morgan fingerprint density at radius 2 is 2.12 bits per heavy atom. The van der Waals surface area contributed by atoms with E-state index in [0.717, 1.165) is 0 Å². The summed E-state index contributed by atoms with van der Waals surface area (Å²) in [5.74, 6) is -0.143. The molecule has 0 saturated carbocycles. The number of rotatable bonds is 4. The fraction of sp³-hybridized carbons (Fsp3) is 0.727. The number of imide groups is 1. The molecule has 5 heteroatoms. The van der Waals surface area contributed by atoms with Gasteiger partial charge in [0.15, 0.2) is 0 Å². The summed E-state index contributed by atoms with van der Waals surface area (Å²) in [6, 6.07) is 1.65. The molecule has 1 atom stereocenters. The van der Waals surface area contributed by atoms with E-state index in [1.807, 2.05) is 19.9 Å². The number of hydrogen-bond acceptors (Lipinski definition) is 3. The molecular formula is C11H17N3O2. The highest BCUT2D eigenvalue weighted by Gasteiger charge is 2.49. The lowest BCUT2D eigenvalue weighted by atomic mass is 9.88. The number of carbonyl (C=O) groups excluding carboxylic acids is 2. The van der Waals surface area contributed by atoms with Gasteiger partial charge in [-0.3, -0.25) is 9.69 Å². The standard InChI is InChI=1S/C11H17N3O2/c1-8(2)11(3)9(15)14(10(16)13-11)7-5-4-6-12/h8H,4-5,7H2,1-3H3,(H,13,16). The van der Waals surface area contributed by atoms with Gasteiger partial charge in [-0.2, -0.15) is 5.26 Å². The van der Waals surface area contributed by atoms with Crippen molar-refractivity contribution in [3.8, 4) is 6.07 Å². The van der Waals surface area contributed by atoms with Gasteiger partial charge in [0, 0.05) is 13.0 Å². The van der Waals surface area contributed by atoms with E-state index in [0.29, 0.717) is 19.4 Å². The Labute approximate surface area is 95.4 Å². The maximum atomic E-state index is 12.0. The van der Waals surface area contributed by atoms with Gasteiger partial charge in [0.1, 0.15) is 5.54 Å². The molecule has 0 spiro atoms. The van der Waals surface area contributed by atoms with Gasteiger partial charge in [-0.05, 0) is 19.3 Å². The number of hydrogen-bond donors (Lipinski definition) is 1. The zero-order valence-corrected chi connectivity index (χ0v) is 9.91. The summed E-state index contributed by atoms with van der Waals surface area (Å²) >= 11 is 0. The van der Waals surface area contributed by atoms with Crippen molar-refractivity contribution in [1.82, 2.24) is 10.2 Å². The summed E-state index contributed by atoms with van der Waals surface area (Å²) < 4.78 is 0. The van der Waals surface area contributed by atoms with Crippen molar-refractivity contribution in [3.05, 3.63) is 0 Å². The second kappa shape index (κ2) is 4.52. The zero-order valence-electron chi connectivity index (χ0n) is 9.91. The SMILES string of the molecule is CC(C)C1(C)NC(=O)N(CCCC#N)C1=O. The minimum absolute atomic E-state index is 0.0462. The number of unbranched alkanes of at least 4 members (excludes halogenated alkanes) is 1. The fourth-order valence-electron chi connectivity index (χ4n) is 1.63. The van der Waals surface area contributed by atoms with Crippen LogP contribution in [0.3, 0.4) is 0 Å². The number of amides is 3. The molecule has 5 nitrogen and oxygen atoms in total. The van der Waals surface area contributed by atoms with Crippen molar-refractivity contribution in [1.29, 1.82) is 5.26 Å². The number of urea groups is 1. The molecule has 0 radical (unpaired) electrons. The maximum absolute atomic E-state index is 12.0. The van der Waals surface area contributed by atoms with E-state index >= 15 is 0 Å². The lowest BCUT2D eigenvalue weighted by Crippen LogP contribution is -2.48. The van der Waals surface area contributed by atoms with Crippen molar-refractivity contribution in [2.24, 2.45) is 5.92 Å². The lowest BCUT2D eigenvalue weighted by molar-refractivity contribution is -0.132. The Hall–Kier alpha value is -1.57. The molecule has 0 aromatic carbocycles. The minimum atomic E-state index is -0.802. The molecule has 1 fully saturated rings. The summed E-state index contributed by atoms with van der Waals surface area (Å²) in [7, 11) is 0. The quantitative estimate of drug-likeness (QED) is 0.576. The van der Waals surface area contributed by atoms with Crippen LogP contribution < -0.4 is 5.32 Å². The van der Waals surface area contributed by atoms with Gasteiger partial charge in [-0.15, -0.1) is 0 Å².